The van der Waals surface area contributed by atoms with E-state index in [1.807, 2.05) is 31.2 Å². The molecule has 3 aromatic rings. The highest BCUT2D eigenvalue weighted by Gasteiger charge is 2.22. The van der Waals surface area contributed by atoms with Crippen molar-refractivity contribution >= 4 is 34.8 Å². The van der Waals surface area contributed by atoms with E-state index >= 15 is 0 Å². The van der Waals surface area contributed by atoms with Gasteiger partial charge in [0.1, 0.15) is 0 Å². The van der Waals surface area contributed by atoms with Crippen molar-refractivity contribution in [1.29, 1.82) is 0 Å². The maximum atomic E-state index is 12.4. The lowest BCUT2D eigenvalue weighted by atomic mass is 10.2. The SMILES string of the molecule is CCOC(=O)c1cnc2oc(C(=O)OC)cc2c1Sc1ccc(C)cc1. The first-order valence-corrected chi connectivity index (χ1v) is 8.77. The van der Waals surface area contributed by atoms with Gasteiger partial charge >= 0.3 is 11.9 Å². The Morgan fingerprint density at radius 1 is 1.19 bits per heavy atom. The topological polar surface area (TPSA) is 78.6 Å². The van der Waals surface area contributed by atoms with Crippen LogP contribution in [0, 0.1) is 6.92 Å². The van der Waals surface area contributed by atoms with E-state index in [0.717, 1.165) is 10.5 Å². The molecular formula is C19H17NO5S. The maximum Gasteiger partial charge on any atom is 0.374 e. The number of methoxy groups -OCH3 is 1. The van der Waals surface area contributed by atoms with Crippen LogP contribution in [-0.2, 0) is 9.47 Å². The lowest BCUT2D eigenvalue weighted by Crippen LogP contribution is -2.07. The maximum absolute atomic E-state index is 12.4. The molecule has 0 unspecified atom stereocenters. The number of furan rings is 1. The van der Waals surface area contributed by atoms with Crippen molar-refractivity contribution in [3.05, 3.63) is 53.4 Å². The second-order valence-corrected chi connectivity index (χ2v) is 6.54. The highest BCUT2D eigenvalue weighted by atomic mass is 32.2. The summed E-state index contributed by atoms with van der Waals surface area (Å²) in [6, 6.07) is 9.43. The molecule has 6 nitrogen and oxygen atoms in total. The van der Waals surface area contributed by atoms with Crippen LogP contribution in [0.2, 0.25) is 0 Å². The Balaban J connectivity index is 2.14. The van der Waals surface area contributed by atoms with Crippen LogP contribution >= 0.6 is 11.8 Å². The first-order valence-electron chi connectivity index (χ1n) is 7.96. The lowest BCUT2D eigenvalue weighted by Gasteiger charge is -2.09. The fourth-order valence-corrected chi connectivity index (χ4v) is 3.37. The zero-order valence-electron chi connectivity index (χ0n) is 14.6. The van der Waals surface area contributed by atoms with Crippen LogP contribution in [0.5, 0.6) is 0 Å². The molecule has 0 saturated heterocycles. The average molecular weight is 371 g/mol. The molecule has 1 aromatic carbocycles. The zero-order chi connectivity index (χ0) is 18.7. The van der Waals surface area contributed by atoms with Crippen LogP contribution in [0.3, 0.4) is 0 Å². The molecule has 7 heteroatoms. The van der Waals surface area contributed by atoms with Gasteiger partial charge in [-0.15, -0.1) is 0 Å². The summed E-state index contributed by atoms with van der Waals surface area (Å²) in [4.78, 5) is 29.8. The van der Waals surface area contributed by atoms with E-state index in [0.29, 0.717) is 15.8 Å². The molecule has 134 valence electrons. The van der Waals surface area contributed by atoms with Crippen LogP contribution in [-0.4, -0.2) is 30.6 Å². The summed E-state index contributed by atoms with van der Waals surface area (Å²) >= 11 is 1.39. The summed E-state index contributed by atoms with van der Waals surface area (Å²) in [5.41, 5.74) is 1.71. The van der Waals surface area contributed by atoms with Crippen molar-refractivity contribution in [2.24, 2.45) is 0 Å². The predicted octanol–water partition coefficient (Wildman–Crippen LogP) is 4.25. The molecule has 2 aromatic heterocycles. The van der Waals surface area contributed by atoms with E-state index in [-0.39, 0.29) is 18.1 Å². The van der Waals surface area contributed by atoms with E-state index < -0.39 is 11.9 Å². The van der Waals surface area contributed by atoms with Crippen LogP contribution in [0.4, 0.5) is 0 Å². The van der Waals surface area contributed by atoms with Crippen LogP contribution in [0.15, 0.2) is 50.7 Å². The molecule has 0 N–H and O–H groups in total. The van der Waals surface area contributed by atoms with Crippen LogP contribution in [0.25, 0.3) is 11.1 Å². The van der Waals surface area contributed by atoms with Crippen molar-refractivity contribution in [2.75, 3.05) is 13.7 Å². The Hall–Kier alpha value is -2.80. The molecule has 3 rings (SSSR count). The largest absolute Gasteiger partial charge is 0.463 e. The number of carbonyl (C=O) groups excluding carboxylic acids is 2. The van der Waals surface area contributed by atoms with Crippen LogP contribution in [0.1, 0.15) is 33.4 Å². The quantitative estimate of drug-likeness (QED) is 0.620. The molecule has 2 heterocycles. The van der Waals surface area contributed by atoms with Crippen molar-refractivity contribution in [2.45, 2.75) is 23.6 Å². The van der Waals surface area contributed by atoms with Crippen molar-refractivity contribution in [1.82, 2.24) is 4.98 Å². The van der Waals surface area contributed by atoms with Gasteiger partial charge in [-0.05, 0) is 26.0 Å². The Kier molecular flexibility index (Phi) is 5.27. The first-order chi connectivity index (χ1) is 12.5. The van der Waals surface area contributed by atoms with E-state index in [1.165, 1.54) is 31.1 Å². The summed E-state index contributed by atoms with van der Waals surface area (Å²) in [5, 5.41) is 0.557. The fourth-order valence-electron chi connectivity index (χ4n) is 2.36. The Morgan fingerprint density at radius 2 is 1.92 bits per heavy atom. The molecule has 0 bridgehead atoms. The Morgan fingerprint density at radius 3 is 2.58 bits per heavy atom. The number of hydrogen-bond donors (Lipinski definition) is 0. The first kappa shape index (κ1) is 18.0. The average Bonchev–Trinajstić information content (AvgIpc) is 3.08. The number of pyridine rings is 1. The standard InChI is InChI=1S/C19H17NO5S/c1-4-24-18(21)14-10-20-17-13(9-15(25-17)19(22)23-3)16(14)26-12-7-5-11(2)6-8-12/h5-10H,4H2,1-3H3. The number of aryl methyl sites for hydroxylation is 1. The summed E-state index contributed by atoms with van der Waals surface area (Å²) in [6.07, 6.45) is 1.40. The Bertz CT molecular complexity index is 962. The Labute approximate surface area is 154 Å². The molecule has 26 heavy (non-hydrogen) atoms. The second kappa shape index (κ2) is 7.61. The molecule has 0 atom stereocenters. The molecule has 0 spiro atoms. The second-order valence-electron chi connectivity index (χ2n) is 5.46. The van der Waals surface area contributed by atoms with Gasteiger partial charge in [0, 0.05) is 22.1 Å². The molecule has 0 amide bonds. The number of fused-ring (bicyclic) bond motifs is 1. The highest BCUT2D eigenvalue weighted by Crippen LogP contribution is 2.37. The van der Waals surface area contributed by atoms with Gasteiger partial charge in [-0.1, -0.05) is 29.5 Å². The predicted molar refractivity (Wildman–Crippen MR) is 96.6 cm³/mol. The smallest absolute Gasteiger partial charge is 0.374 e. The summed E-state index contributed by atoms with van der Waals surface area (Å²) < 4.78 is 15.3. The molecule has 0 aliphatic heterocycles. The number of carbonyl (C=O) groups is 2. The molecule has 0 radical (unpaired) electrons. The minimum Gasteiger partial charge on any atom is -0.463 e. The van der Waals surface area contributed by atoms with Crippen molar-refractivity contribution in [3.63, 3.8) is 0 Å². The summed E-state index contributed by atoms with van der Waals surface area (Å²) in [5.74, 6) is -1.05. The zero-order valence-corrected chi connectivity index (χ0v) is 15.4. The van der Waals surface area contributed by atoms with Crippen LogP contribution < -0.4 is 0 Å². The minimum absolute atomic E-state index is 0.0294. The number of nitrogens with zero attached hydrogens (tertiary/aromatic N) is 1. The van der Waals surface area contributed by atoms with Gasteiger partial charge in [0.25, 0.3) is 0 Å². The van der Waals surface area contributed by atoms with Gasteiger partial charge in [0.2, 0.25) is 11.5 Å². The third-order valence-corrected chi connectivity index (χ3v) is 4.79. The lowest BCUT2D eigenvalue weighted by molar-refractivity contribution is 0.0520. The van der Waals surface area contributed by atoms with E-state index in [2.05, 4.69) is 4.98 Å². The molecular weight excluding hydrogens is 354 g/mol. The fraction of sp³-hybridized carbons (Fsp3) is 0.211. The molecule has 0 fully saturated rings. The van der Waals surface area contributed by atoms with E-state index in [9.17, 15) is 9.59 Å². The van der Waals surface area contributed by atoms with Gasteiger partial charge in [-0.25, -0.2) is 14.6 Å². The third-order valence-electron chi connectivity index (χ3n) is 3.64. The van der Waals surface area contributed by atoms with Gasteiger partial charge in [0.15, 0.2) is 0 Å². The number of benzene rings is 1. The summed E-state index contributed by atoms with van der Waals surface area (Å²) in [6.45, 7) is 4.00. The number of aromatic nitrogens is 1. The third kappa shape index (κ3) is 3.57. The van der Waals surface area contributed by atoms with Crippen molar-refractivity contribution < 1.29 is 23.5 Å². The minimum atomic E-state index is -0.605. The van der Waals surface area contributed by atoms with Gasteiger partial charge in [-0.2, -0.15) is 0 Å². The molecule has 0 aliphatic rings. The molecule has 0 aliphatic carbocycles. The monoisotopic (exact) mass is 371 g/mol. The van der Waals surface area contributed by atoms with E-state index in [1.54, 1.807) is 6.92 Å². The summed E-state index contributed by atoms with van der Waals surface area (Å²) in [7, 11) is 1.27. The van der Waals surface area contributed by atoms with Gasteiger partial charge < -0.3 is 13.9 Å². The number of hydrogen-bond acceptors (Lipinski definition) is 7. The van der Waals surface area contributed by atoms with E-state index in [4.69, 9.17) is 13.9 Å². The number of rotatable bonds is 5. The molecule has 0 saturated carbocycles. The van der Waals surface area contributed by atoms with Gasteiger partial charge in [0.05, 0.1) is 24.7 Å². The number of ether oxygens (including phenoxy) is 2. The normalized spacial score (nSPS) is 10.7. The number of esters is 2. The highest BCUT2D eigenvalue weighted by molar-refractivity contribution is 7.99. The van der Waals surface area contributed by atoms with Crippen molar-refractivity contribution in [3.8, 4) is 0 Å². The van der Waals surface area contributed by atoms with Gasteiger partial charge in [-0.3, -0.25) is 0 Å².